The number of nitrogens with zero attached hydrogens (tertiary/aromatic N) is 2. The molecule has 3 aromatic carbocycles. The molecular formula is C30H27F3N2O6S. The van der Waals surface area contributed by atoms with Gasteiger partial charge in [-0.1, -0.05) is 54.6 Å². The van der Waals surface area contributed by atoms with Crippen LogP contribution in [0.1, 0.15) is 35.6 Å². The van der Waals surface area contributed by atoms with Gasteiger partial charge < -0.3 is 10.2 Å². The van der Waals surface area contributed by atoms with Crippen molar-refractivity contribution in [2.45, 2.75) is 36.5 Å². The molecular weight excluding hydrogens is 573 g/mol. The molecule has 8 nitrogen and oxygen atoms in total. The van der Waals surface area contributed by atoms with E-state index in [1.807, 2.05) is 30.3 Å². The number of sulfonamides is 1. The first-order valence-corrected chi connectivity index (χ1v) is 14.6. The topological polar surface area (TPSA) is 117 Å². The Morgan fingerprint density at radius 3 is 2.38 bits per heavy atom. The monoisotopic (exact) mass is 600 g/mol. The predicted octanol–water partition coefficient (Wildman–Crippen LogP) is 4.68. The van der Waals surface area contributed by atoms with Crippen LogP contribution in [0.2, 0.25) is 0 Å². The number of hydrogen-bond acceptors (Lipinski definition) is 5. The molecule has 0 saturated heterocycles. The minimum absolute atomic E-state index is 0.00617. The van der Waals surface area contributed by atoms with E-state index in [2.05, 4.69) is 0 Å². The molecule has 2 heterocycles. The largest absolute Gasteiger partial charge is 0.480 e. The Labute approximate surface area is 239 Å². The van der Waals surface area contributed by atoms with Crippen LogP contribution in [0.3, 0.4) is 0 Å². The van der Waals surface area contributed by atoms with Crippen molar-refractivity contribution in [3.8, 4) is 11.1 Å². The molecule has 220 valence electrons. The van der Waals surface area contributed by atoms with Crippen LogP contribution in [0.25, 0.3) is 21.9 Å². The van der Waals surface area contributed by atoms with Crippen molar-refractivity contribution in [3.63, 3.8) is 0 Å². The fourth-order valence-electron chi connectivity index (χ4n) is 5.44. The summed E-state index contributed by atoms with van der Waals surface area (Å²) < 4.78 is 71.1. The maximum Gasteiger partial charge on any atom is 0.416 e. The molecule has 0 aliphatic carbocycles. The predicted molar refractivity (Wildman–Crippen MR) is 150 cm³/mol. The van der Waals surface area contributed by atoms with Crippen LogP contribution in [0.15, 0.2) is 82.6 Å². The third-order valence-corrected chi connectivity index (χ3v) is 9.30. The second kappa shape index (κ2) is 11.3. The summed E-state index contributed by atoms with van der Waals surface area (Å²) >= 11 is 0. The van der Waals surface area contributed by atoms with Gasteiger partial charge in [0, 0.05) is 31.3 Å². The van der Waals surface area contributed by atoms with Crippen molar-refractivity contribution >= 4 is 26.8 Å². The number of fused-ring (bicyclic) bond motifs is 2. The van der Waals surface area contributed by atoms with Gasteiger partial charge in [0.25, 0.3) is 15.6 Å². The summed E-state index contributed by atoms with van der Waals surface area (Å²) in [6.07, 6.45) is -4.29. The fraction of sp³-hybridized carbons (Fsp3) is 0.267. The molecule has 1 unspecified atom stereocenters. The van der Waals surface area contributed by atoms with Gasteiger partial charge >= 0.3 is 12.1 Å². The van der Waals surface area contributed by atoms with Crippen molar-refractivity contribution in [2.24, 2.45) is 0 Å². The Kier molecular flexibility index (Phi) is 7.97. The average molecular weight is 601 g/mol. The van der Waals surface area contributed by atoms with Crippen molar-refractivity contribution in [2.75, 3.05) is 19.7 Å². The maximum absolute atomic E-state index is 14.1. The number of carboxylic acids is 1. The highest BCUT2D eigenvalue weighted by molar-refractivity contribution is 7.89. The van der Waals surface area contributed by atoms with Gasteiger partial charge in [-0.3, -0.25) is 9.36 Å². The highest BCUT2D eigenvalue weighted by Crippen LogP contribution is 2.40. The van der Waals surface area contributed by atoms with E-state index >= 15 is 0 Å². The maximum atomic E-state index is 14.1. The molecule has 12 heteroatoms. The van der Waals surface area contributed by atoms with Crippen LogP contribution < -0.4 is 5.56 Å². The molecule has 5 rings (SSSR count). The summed E-state index contributed by atoms with van der Waals surface area (Å²) in [6, 6.07) is 16.5. The zero-order valence-electron chi connectivity index (χ0n) is 22.2. The van der Waals surface area contributed by atoms with Crippen LogP contribution in [0.5, 0.6) is 0 Å². The van der Waals surface area contributed by atoms with Gasteiger partial charge in [-0.05, 0) is 58.9 Å². The van der Waals surface area contributed by atoms with Gasteiger partial charge in [-0.15, -0.1) is 0 Å². The zero-order chi connectivity index (χ0) is 30.2. The number of alkyl halides is 3. The number of aliphatic carboxylic acids is 1. The van der Waals surface area contributed by atoms with Gasteiger partial charge in [-0.2, -0.15) is 17.5 Å². The lowest BCUT2D eigenvalue weighted by molar-refractivity contribution is -0.141. The van der Waals surface area contributed by atoms with Gasteiger partial charge in [-0.25, -0.2) is 13.2 Å². The zero-order valence-corrected chi connectivity index (χ0v) is 23.0. The molecule has 0 amide bonds. The number of hydrogen-bond donors (Lipinski definition) is 2. The van der Waals surface area contributed by atoms with Crippen LogP contribution in [-0.2, 0) is 27.4 Å². The smallest absolute Gasteiger partial charge is 0.416 e. The average Bonchev–Trinajstić information content (AvgIpc) is 2.94. The summed E-state index contributed by atoms with van der Waals surface area (Å²) in [4.78, 5) is 25.9. The minimum atomic E-state index is -4.74. The number of carboxylic acid groups (broad SMARTS) is 1. The molecule has 4 aromatic rings. The number of carbonyl (C=O) groups is 1. The fourth-order valence-corrected chi connectivity index (χ4v) is 7.37. The van der Waals surface area contributed by atoms with Gasteiger partial charge in [0.15, 0.2) is 5.03 Å². The molecule has 1 aliphatic heterocycles. The molecule has 42 heavy (non-hydrogen) atoms. The summed E-state index contributed by atoms with van der Waals surface area (Å²) in [7, 11) is -4.57. The minimum Gasteiger partial charge on any atom is -0.480 e. The van der Waals surface area contributed by atoms with Crippen LogP contribution in [0, 0.1) is 0 Å². The first-order chi connectivity index (χ1) is 19.9. The summed E-state index contributed by atoms with van der Waals surface area (Å²) in [5.74, 6) is -1.46. The first kappa shape index (κ1) is 29.5. The van der Waals surface area contributed by atoms with Gasteiger partial charge in [0.2, 0.25) is 0 Å². The Balaban J connectivity index is 1.84. The summed E-state index contributed by atoms with van der Waals surface area (Å²) in [5, 5.41) is 20.3. The van der Waals surface area contributed by atoms with Crippen molar-refractivity contribution in [3.05, 3.63) is 99.8 Å². The number of aliphatic hydroxyl groups is 1. The van der Waals surface area contributed by atoms with E-state index in [0.717, 1.165) is 39.3 Å². The van der Waals surface area contributed by atoms with E-state index in [4.69, 9.17) is 0 Å². The van der Waals surface area contributed by atoms with E-state index < -0.39 is 50.9 Å². The van der Waals surface area contributed by atoms with E-state index in [1.54, 1.807) is 12.1 Å². The molecule has 0 spiro atoms. The quantitative estimate of drug-likeness (QED) is 0.284. The van der Waals surface area contributed by atoms with Crippen LogP contribution >= 0.6 is 0 Å². The molecule has 0 saturated carbocycles. The third-order valence-electron chi connectivity index (χ3n) is 7.40. The third kappa shape index (κ3) is 5.44. The van der Waals surface area contributed by atoms with E-state index in [9.17, 15) is 41.4 Å². The molecule has 1 atom stereocenters. The highest BCUT2D eigenvalue weighted by Gasteiger charge is 2.43. The Hall–Kier alpha value is -4.00. The summed E-state index contributed by atoms with van der Waals surface area (Å²) in [5.41, 5.74) is -1.34. The molecule has 1 aromatic heterocycles. The van der Waals surface area contributed by atoms with E-state index in [1.165, 1.54) is 6.07 Å². The normalized spacial score (nSPS) is 16.8. The number of aromatic nitrogens is 1. The van der Waals surface area contributed by atoms with Crippen molar-refractivity contribution < 1.29 is 36.6 Å². The van der Waals surface area contributed by atoms with Gasteiger partial charge in [0.05, 0.1) is 5.56 Å². The second-order valence-corrected chi connectivity index (χ2v) is 12.0. The molecule has 0 fully saturated rings. The number of halogens is 3. The lowest BCUT2D eigenvalue weighted by Crippen LogP contribution is -2.50. The highest BCUT2D eigenvalue weighted by atomic mass is 32.2. The lowest BCUT2D eigenvalue weighted by atomic mass is 9.93. The standard InChI is InChI=1S/C30H27F3N2O6S/c31-30(32,33)23-11-6-10-21(16-23)27-22(15-20-9-5-8-19-7-1-2-12-24(19)20)17-26(37)35-25(29(38)39)18-34(13-3-4-14-36)42(40,41)28(27)35/h1-2,5-12,16-17,25,36H,3-4,13-15,18H2,(H,38,39). The first-order valence-electron chi connectivity index (χ1n) is 13.2. The van der Waals surface area contributed by atoms with Crippen molar-refractivity contribution in [1.82, 2.24) is 8.87 Å². The molecule has 2 N–H and O–H groups in total. The Morgan fingerprint density at radius 2 is 1.67 bits per heavy atom. The van der Waals surface area contributed by atoms with Crippen LogP contribution in [-0.4, -0.2) is 53.2 Å². The number of pyridine rings is 1. The second-order valence-electron chi connectivity index (χ2n) is 10.1. The van der Waals surface area contributed by atoms with E-state index in [-0.39, 0.29) is 49.1 Å². The number of benzene rings is 3. The number of aliphatic hydroxyl groups excluding tert-OH is 1. The Morgan fingerprint density at radius 1 is 0.952 bits per heavy atom. The molecule has 0 bridgehead atoms. The van der Waals surface area contributed by atoms with E-state index in [0.29, 0.717) is 10.1 Å². The van der Waals surface area contributed by atoms with Crippen molar-refractivity contribution in [1.29, 1.82) is 0 Å². The Bertz CT molecular complexity index is 1830. The lowest BCUT2D eigenvalue weighted by Gasteiger charge is -2.35. The van der Waals surface area contributed by atoms with Crippen LogP contribution in [0.4, 0.5) is 13.2 Å². The SMILES string of the molecule is O=C(O)C1CN(CCCCO)S(=O)(=O)c2c(-c3cccc(C(F)(F)F)c3)c(Cc3cccc4ccccc34)cc(=O)n21. The molecule has 1 aliphatic rings. The molecule has 0 radical (unpaired) electrons. The van der Waals surface area contributed by atoms with Gasteiger partial charge in [0.1, 0.15) is 6.04 Å². The number of rotatable bonds is 8. The summed E-state index contributed by atoms with van der Waals surface area (Å²) in [6.45, 7) is -0.895. The number of unbranched alkanes of at least 4 members (excludes halogenated alkanes) is 1.